The highest BCUT2D eigenvalue weighted by molar-refractivity contribution is 6.23. The molecule has 1 aliphatic carbocycles. The summed E-state index contributed by atoms with van der Waals surface area (Å²) in [7, 11) is 0. The standard InChI is InChI=1S/C13H13NO2/c1-8(2)6-9-7-11(15)10-4-3-5-14-12(10)13(9)16/h3-5,7-8H,6H2,1-2H3/i7D. The average molecular weight is 216 g/mol. The molecule has 0 saturated carbocycles. The third-order valence-corrected chi connectivity index (χ3v) is 2.42. The summed E-state index contributed by atoms with van der Waals surface area (Å²) >= 11 is 0. The molecule has 1 heterocycles. The molecule has 16 heavy (non-hydrogen) atoms. The fourth-order valence-electron chi connectivity index (χ4n) is 1.73. The van der Waals surface area contributed by atoms with Gasteiger partial charge in [-0.25, -0.2) is 0 Å². The Hall–Kier alpha value is -1.77. The molecule has 82 valence electrons. The Morgan fingerprint density at radius 2 is 2.19 bits per heavy atom. The lowest BCUT2D eigenvalue weighted by atomic mass is 9.89. The van der Waals surface area contributed by atoms with Crippen LogP contribution in [-0.2, 0) is 0 Å². The van der Waals surface area contributed by atoms with Crippen molar-refractivity contribution in [2.45, 2.75) is 20.3 Å². The van der Waals surface area contributed by atoms with Crippen molar-refractivity contribution in [2.24, 2.45) is 5.92 Å². The number of aromatic nitrogens is 1. The predicted octanol–water partition coefficient (Wildman–Crippen LogP) is 2.43. The van der Waals surface area contributed by atoms with Crippen LogP contribution in [0, 0.1) is 5.92 Å². The highest BCUT2D eigenvalue weighted by Crippen LogP contribution is 2.23. The third kappa shape index (κ3) is 1.81. The van der Waals surface area contributed by atoms with Crippen LogP contribution in [0.2, 0.25) is 0 Å². The van der Waals surface area contributed by atoms with Gasteiger partial charge in [-0.15, -0.1) is 0 Å². The topological polar surface area (TPSA) is 47.0 Å². The molecule has 0 bridgehead atoms. The molecule has 0 radical (unpaired) electrons. The van der Waals surface area contributed by atoms with Gasteiger partial charge < -0.3 is 0 Å². The van der Waals surface area contributed by atoms with Crippen molar-refractivity contribution in [3.8, 4) is 0 Å². The zero-order valence-electron chi connectivity index (χ0n) is 10.3. The summed E-state index contributed by atoms with van der Waals surface area (Å²) in [6.45, 7) is 3.90. The van der Waals surface area contributed by atoms with E-state index in [2.05, 4.69) is 4.98 Å². The molecule has 1 aromatic rings. The molecule has 0 saturated heterocycles. The summed E-state index contributed by atoms with van der Waals surface area (Å²) in [4.78, 5) is 28.0. The predicted molar refractivity (Wildman–Crippen MR) is 60.4 cm³/mol. The lowest BCUT2D eigenvalue weighted by Gasteiger charge is -2.14. The first-order chi connectivity index (χ1) is 8.02. The van der Waals surface area contributed by atoms with Crippen LogP contribution in [0.5, 0.6) is 0 Å². The van der Waals surface area contributed by atoms with Crippen molar-refractivity contribution in [3.63, 3.8) is 0 Å². The van der Waals surface area contributed by atoms with Crippen LogP contribution in [0.1, 0.15) is 42.5 Å². The van der Waals surface area contributed by atoms with Gasteiger partial charge in [0.25, 0.3) is 0 Å². The number of Topliss-reactive ketones (excluding diaryl/α,β-unsaturated/α-hetero) is 1. The number of fused-ring (bicyclic) bond motifs is 1. The minimum atomic E-state index is -0.400. The molecule has 0 aliphatic heterocycles. The molecule has 0 atom stereocenters. The second-order valence-electron chi connectivity index (χ2n) is 4.26. The lowest BCUT2D eigenvalue weighted by Crippen LogP contribution is -2.19. The normalized spacial score (nSPS) is 16.6. The van der Waals surface area contributed by atoms with Crippen LogP contribution in [0.3, 0.4) is 0 Å². The van der Waals surface area contributed by atoms with E-state index in [0.29, 0.717) is 6.42 Å². The Balaban J connectivity index is 2.54. The van der Waals surface area contributed by atoms with Crippen molar-refractivity contribution < 1.29 is 11.0 Å². The minimum absolute atomic E-state index is 0.177. The largest absolute Gasteiger partial charge is 0.289 e. The minimum Gasteiger partial charge on any atom is -0.289 e. The van der Waals surface area contributed by atoms with Crippen molar-refractivity contribution in [1.82, 2.24) is 4.98 Å². The number of rotatable bonds is 2. The lowest BCUT2D eigenvalue weighted by molar-refractivity contribution is 0.0975. The summed E-state index contributed by atoms with van der Waals surface area (Å²) in [6.07, 6.45) is 1.94. The van der Waals surface area contributed by atoms with E-state index in [1.807, 2.05) is 13.8 Å². The summed E-state index contributed by atoms with van der Waals surface area (Å²) in [6, 6.07) is 2.97. The van der Waals surface area contributed by atoms with E-state index in [-0.39, 0.29) is 34.6 Å². The van der Waals surface area contributed by atoms with Crippen molar-refractivity contribution in [2.75, 3.05) is 0 Å². The van der Waals surface area contributed by atoms with E-state index in [0.717, 1.165) is 0 Å². The van der Waals surface area contributed by atoms with E-state index in [4.69, 9.17) is 1.37 Å². The molecule has 0 amide bonds. The number of nitrogens with zero attached hydrogens (tertiary/aromatic N) is 1. The fourth-order valence-corrected chi connectivity index (χ4v) is 1.73. The quantitative estimate of drug-likeness (QED) is 0.762. The van der Waals surface area contributed by atoms with Crippen LogP contribution >= 0.6 is 0 Å². The Kier molecular flexibility index (Phi) is 2.37. The summed E-state index contributed by atoms with van der Waals surface area (Å²) in [5.74, 6) is -0.449. The zero-order valence-corrected chi connectivity index (χ0v) is 9.28. The van der Waals surface area contributed by atoms with Crippen LogP contribution in [0.25, 0.3) is 0 Å². The summed E-state index contributed by atoms with van der Waals surface area (Å²) < 4.78 is 7.77. The molecule has 3 heteroatoms. The van der Waals surface area contributed by atoms with E-state index in [9.17, 15) is 9.59 Å². The van der Waals surface area contributed by atoms with Gasteiger partial charge in [0.05, 0.1) is 6.93 Å². The second kappa shape index (κ2) is 4.00. The number of carbonyl (C=O) groups excluding carboxylic acids is 2. The maximum atomic E-state index is 12.1. The SMILES string of the molecule is [2H]C1=C(CC(C)C)C(=O)c2ncccc2C1=O. The molecule has 2 rings (SSSR count). The molecule has 0 aromatic carbocycles. The Morgan fingerprint density at radius 1 is 1.44 bits per heavy atom. The van der Waals surface area contributed by atoms with Gasteiger partial charge in [0.1, 0.15) is 5.69 Å². The van der Waals surface area contributed by atoms with Gasteiger partial charge in [0.2, 0.25) is 5.78 Å². The number of carbonyl (C=O) groups is 2. The van der Waals surface area contributed by atoms with E-state index in [1.54, 1.807) is 12.1 Å². The molecule has 0 N–H and O–H groups in total. The number of hydrogen-bond acceptors (Lipinski definition) is 3. The summed E-state index contributed by atoms with van der Waals surface area (Å²) in [5, 5.41) is 0. The average Bonchev–Trinajstić information content (AvgIpc) is 2.31. The highest BCUT2D eigenvalue weighted by atomic mass is 16.1. The van der Waals surface area contributed by atoms with Gasteiger partial charge in [-0.2, -0.15) is 0 Å². The van der Waals surface area contributed by atoms with Crippen LogP contribution in [-0.4, -0.2) is 16.6 Å². The Bertz CT molecular complexity index is 532. The van der Waals surface area contributed by atoms with E-state index >= 15 is 0 Å². The van der Waals surface area contributed by atoms with E-state index in [1.165, 1.54) is 6.20 Å². The Labute approximate surface area is 95.6 Å². The van der Waals surface area contributed by atoms with Gasteiger partial charge in [-0.05, 0) is 30.5 Å². The van der Waals surface area contributed by atoms with Crippen molar-refractivity contribution >= 4 is 11.6 Å². The van der Waals surface area contributed by atoms with Crippen LogP contribution in [0.4, 0.5) is 0 Å². The maximum absolute atomic E-state index is 12.1. The number of hydrogen-bond donors (Lipinski definition) is 0. The second-order valence-corrected chi connectivity index (χ2v) is 4.26. The maximum Gasteiger partial charge on any atom is 0.208 e. The van der Waals surface area contributed by atoms with Gasteiger partial charge in [0.15, 0.2) is 5.78 Å². The molecule has 1 aliphatic rings. The first-order valence-electron chi connectivity index (χ1n) is 5.76. The summed E-state index contributed by atoms with van der Waals surface area (Å²) in [5.41, 5.74) is 0.718. The molecular weight excluding hydrogens is 202 g/mol. The highest BCUT2D eigenvalue weighted by Gasteiger charge is 2.26. The van der Waals surface area contributed by atoms with Gasteiger partial charge in [-0.1, -0.05) is 13.8 Å². The fraction of sp³-hybridized carbons (Fsp3) is 0.308. The first-order valence-corrected chi connectivity index (χ1v) is 5.26. The monoisotopic (exact) mass is 216 g/mol. The van der Waals surface area contributed by atoms with Crippen LogP contribution in [0.15, 0.2) is 30.0 Å². The first kappa shape index (κ1) is 9.46. The van der Waals surface area contributed by atoms with E-state index < -0.39 is 5.78 Å². The third-order valence-electron chi connectivity index (χ3n) is 2.42. The molecular formula is C13H13NO2. The van der Waals surface area contributed by atoms with Crippen molar-refractivity contribution in [3.05, 3.63) is 41.2 Å². The van der Waals surface area contributed by atoms with Gasteiger partial charge in [0, 0.05) is 11.8 Å². The molecule has 0 unspecified atom stereocenters. The molecule has 0 fully saturated rings. The number of allylic oxidation sites excluding steroid dienone is 2. The van der Waals surface area contributed by atoms with Crippen molar-refractivity contribution in [1.29, 1.82) is 0 Å². The Morgan fingerprint density at radius 3 is 2.88 bits per heavy atom. The smallest absolute Gasteiger partial charge is 0.208 e. The number of pyridine rings is 1. The molecule has 0 spiro atoms. The molecule has 1 aromatic heterocycles. The zero-order chi connectivity index (χ0) is 12.6. The number of ketones is 2. The van der Waals surface area contributed by atoms with Gasteiger partial charge in [-0.3, -0.25) is 14.6 Å². The molecule has 3 nitrogen and oxygen atoms in total. The van der Waals surface area contributed by atoms with Gasteiger partial charge >= 0.3 is 0 Å². The van der Waals surface area contributed by atoms with Crippen LogP contribution < -0.4 is 0 Å².